The zero-order chi connectivity index (χ0) is 25.3. The van der Waals surface area contributed by atoms with E-state index in [1.54, 1.807) is 31.4 Å². The van der Waals surface area contributed by atoms with Crippen molar-refractivity contribution in [2.45, 2.75) is 52.1 Å². The number of carbonyl (C=O) groups excluding carboxylic acids is 1. The average Bonchev–Trinajstić information content (AvgIpc) is 2.84. The van der Waals surface area contributed by atoms with E-state index in [2.05, 4.69) is 6.92 Å². The van der Waals surface area contributed by atoms with Gasteiger partial charge >= 0.3 is 5.97 Å². The highest BCUT2D eigenvalue weighted by atomic mass is 17.2. The van der Waals surface area contributed by atoms with Crippen molar-refractivity contribution in [3.8, 4) is 11.5 Å². The van der Waals surface area contributed by atoms with Crippen molar-refractivity contribution >= 4 is 23.4 Å². The molecule has 0 fully saturated rings. The highest BCUT2D eigenvalue weighted by Gasteiger charge is 2.05. The van der Waals surface area contributed by atoms with Crippen LogP contribution in [0.1, 0.15) is 56.6 Å². The van der Waals surface area contributed by atoms with Gasteiger partial charge in [0.05, 0.1) is 26.9 Å². The molecule has 2 rings (SSSR count). The van der Waals surface area contributed by atoms with E-state index >= 15 is 0 Å². The lowest BCUT2D eigenvalue weighted by Crippen LogP contribution is -2.03. The molecule has 0 aromatic heterocycles. The Kier molecular flexibility index (Phi) is 13.1. The summed E-state index contributed by atoms with van der Waals surface area (Å²) in [5.41, 5.74) is 14.4. The van der Waals surface area contributed by atoms with Crippen LogP contribution < -0.4 is 20.9 Å². The summed E-state index contributed by atoms with van der Waals surface area (Å²) in [6.45, 7) is 3.93. The number of nitrogens with two attached hydrogens (primary N) is 2. The maximum Gasteiger partial charge on any atom is 0.330 e. The number of methoxy groups -OCH3 is 1. The van der Waals surface area contributed by atoms with Gasteiger partial charge in [-0.2, -0.15) is 0 Å². The van der Waals surface area contributed by atoms with Crippen LogP contribution in [0.5, 0.6) is 11.5 Å². The first kappa shape index (κ1) is 28.0. The predicted octanol–water partition coefficient (Wildman–Crippen LogP) is 5.30. The molecule has 0 heterocycles. The molecule has 192 valence electrons. The minimum atomic E-state index is -0.369. The van der Waals surface area contributed by atoms with Gasteiger partial charge < -0.3 is 25.7 Å². The molecule has 0 atom stereocenters. The third kappa shape index (κ3) is 11.6. The lowest BCUT2D eigenvalue weighted by Gasteiger charge is -2.10. The van der Waals surface area contributed by atoms with Gasteiger partial charge in [0.1, 0.15) is 6.61 Å². The minimum Gasteiger partial charge on any atom is -0.493 e. The number of anilines is 2. The lowest BCUT2D eigenvalue weighted by atomic mass is 10.2. The van der Waals surface area contributed by atoms with E-state index in [0.717, 1.165) is 49.7 Å². The zero-order valence-corrected chi connectivity index (χ0v) is 20.8. The summed E-state index contributed by atoms with van der Waals surface area (Å²) in [5, 5.41) is 0. The maximum atomic E-state index is 12.0. The summed E-state index contributed by atoms with van der Waals surface area (Å²) in [4.78, 5) is 22.3. The molecular formula is C27H38N2O6. The number of esters is 1. The Balaban J connectivity index is 1.53. The van der Waals surface area contributed by atoms with E-state index in [9.17, 15) is 4.79 Å². The molecule has 0 bridgehead atoms. The standard InChI is InChI=1S/C27H38N2O6/c1-3-4-13-32-25-11-9-21(18-26(25)31-2)10-12-27(30)33-14-7-5-6-8-15-34-35-20-22-16-23(28)19-24(29)17-22/h9-12,16-19H,3-8,13-15,20,28-29H2,1-2H3. The molecular weight excluding hydrogens is 448 g/mol. The number of ether oxygens (including phenoxy) is 3. The second-order valence-corrected chi connectivity index (χ2v) is 8.12. The van der Waals surface area contributed by atoms with Crippen molar-refractivity contribution in [1.29, 1.82) is 0 Å². The molecule has 0 saturated heterocycles. The molecule has 0 saturated carbocycles. The van der Waals surface area contributed by atoms with Crippen LogP contribution in [-0.4, -0.2) is 32.9 Å². The average molecular weight is 487 g/mol. The van der Waals surface area contributed by atoms with Gasteiger partial charge in [-0.15, -0.1) is 0 Å². The van der Waals surface area contributed by atoms with E-state index in [1.165, 1.54) is 6.08 Å². The Morgan fingerprint density at radius 3 is 2.31 bits per heavy atom. The Bertz CT molecular complexity index is 912. The Morgan fingerprint density at radius 1 is 0.857 bits per heavy atom. The minimum absolute atomic E-state index is 0.294. The molecule has 0 amide bonds. The number of carbonyl (C=O) groups is 1. The Hall–Kier alpha value is -3.23. The van der Waals surface area contributed by atoms with Gasteiger partial charge in [0.2, 0.25) is 0 Å². The molecule has 8 nitrogen and oxygen atoms in total. The molecule has 0 aliphatic heterocycles. The number of rotatable bonds is 17. The molecule has 2 aromatic rings. The number of hydrogen-bond donors (Lipinski definition) is 2. The van der Waals surface area contributed by atoms with Crippen molar-refractivity contribution in [2.75, 3.05) is 38.4 Å². The van der Waals surface area contributed by atoms with Gasteiger partial charge in [-0.3, -0.25) is 0 Å². The van der Waals surface area contributed by atoms with Gasteiger partial charge in [-0.25, -0.2) is 14.6 Å². The molecule has 0 aliphatic rings. The van der Waals surface area contributed by atoms with Crippen LogP contribution in [0.25, 0.3) is 6.08 Å². The quantitative estimate of drug-likeness (QED) is 0.0772. The third-order valence-electron chi connectivity index (χ3n) is 5.07. The first-order chi connectivity index (χ1) is 17.0. The summed E-state index contributed by atoms with van der Waals surface area (Å²) in [5.74, 6) is 0.968. The van der Waals surface area contributed by atoms with Crippen LogP contribution in [0.2, 0.25) is 0 Å². The molecule has 0 spiro atoms. The van der Waals surface area contributed by atoms with Crippen molar-refractivity contribution in [3.63, 3.8) is 0 Å². The monoisotopic (exact) mass is 486 g/mol. The second kappa shape index (κ2) is 16.4. The fourth-order valence-electron chi connectivity index (χ4n) is 3.23. The van der Waals surface area contributed by atoms with Gasteiger partial charge in [-0.1, -0.05) is 25.8 Å². The topological polar surface area (TPSA) is 115 Å². The second-order valence-electron chi connectivity index (χ2n) is 8.12. The maximum absolute atomic E-state index is 12.0. The third-order valence-corrected chi connectivity index (χ3v) is 5.07. The predicted molar refractivity (Wildman–Crippen MR) is 138 cm³/mol. The van der Waals surface area contributed by atoms with Gasteiger partial charge in [0.15, 0.2) is 11.5 Å². The number of nitrogen functional groups attached to an aromatic ring is 2. The smallest absolute Gasteiger partial charge is 0.330 e. The fraction of sp³-hybridized carbons (Fsp3) is 0.444. The Labute approximate surface area is 208 Å². The van der Waals surface area contributed by atoms with Gasteiger partial charge in [-0.05, 0) is 73.2 Å². The number of hydrogen-bond acceptors (Lipinski definition) is 8. The first-order valence-electron chi connectivity index (χ1n) is 12.1. The van der Waals surface area contributed by atoms with Crippen LogP contribution in [0.15, 0.2) is 42.5 Å². The summed E-state index contributed by atoms with van der Waals surface area (Å²) < 4.78 is 16.4. The highest BCUT2D eigenvalue weighted by molar-refractivity contribution is 5.87. The van der Waals surface area contributed by atoms with Crippen LogP contribution in [0.4, 0.5) is 11.4 Å². The number of unbranched alkanes of at least 4 members (excludes halogenated alkanes) is 4. The SMILES string of the molecule is CCCCOc1ccc(C=CC(=O)OCCCCCCOOCc2cc(N)cc(N)c2)cc1OC. The van der Waals surface area contributed by atoms with Crippen molar-refractivity contribution in [3.05, 3.63) is 53.6 Å². The summed E-state index contributed by atoms with van der Waals surface area (Å²) >= 11 is 0. The van der Waals surface area contributed by atoms with Crippen molar-refractivity contribution in [2.24, 2.45) is 0 Å². The lowest BCUT2D eigenvalue weighted by molar-refractivity contribution is -0.304. The van der Waals surface area contributed by atoms with E-state index in [-0.39, 0.29) is 5.97 Å². The first-order valence-corrected chi connectivity index (χ1v) is 12.1. The molecule has 8 heteroatoms. The fourth-order valence-corrected chi connectivity index (χ4v) is 3.23. The van der Waals surface area contributed by atoms with Crippen LogP contribution in [-0.2, 0) is 25.9 Å². The Morgan fingerprint density at radius 2 is 1.60 bits per heavy atom. The summed E-state index contributed by atoms with van der Waals surface area (Å²) in [7, 11) is 1.60. The molecule has 35 heavy (non-hydrogen) atoms. The normalized spacial score (nSPS) is 11.0. The molecule has 0 aliphatic carbocycles. The van der Waals surface area contributed by atoms with Gasteiger partial charge in [0, 0.05) is 17.5 Å². The van der Waals surface area contributed by atoms with Gasteiger partial charge in [0.25, 0.3) is 0 Å². The summed E-state index contributed by atoms with van der Waals surface area (Å²) in [6.07, 6.45) is 8.71. The molecule has 0 radical (unpaired) electrons. The van der Waals surface area contributed by atoms with Crippen LogP contribution in [0, 0.1) is 0 Å². The number of benzene rings is 2. The van der Waals surface area contributed by atoms with E-state index in [4.69, 9.17) is 35.5 Å². The molecule has 4 N–H and O–H groups in total. The molecule has 2 aromatic carbocycles. The summed E-state index contributed by atoms with van der Waals surface area (Å²) in [6, 6.07) is 10.9. The zero-order valence-electron chi connectivity index (χ0n) is 20.8. The van der Waals surface area contributed by atoms with Crippen LogP contribution in [0.3, 0.4) is 0 Å². The highest BCUT2D eigenvalue weighted by Crippen LogP contribution is 2.28. The van der Waals surface area contributed by atoms with E-state index in [0.29, 0.717) is 49.3 Å². The van der Waals surface area contributed by atoms with Crippen molar-refractivity contribution in [1.82, 2.24) is 0 Å². The van der Waals surface area contributed by atoms with Crippen molar-refractivity contribution < 1.29 is 28.8 Å². The van der Waals surface area contributed by atoms with E-state index < -0.39 is 0 Å². The largest absolute Gasteiger partial charge is 0.493 e. The molecule has 0 unspecified atom stereocenters. The van der Waals surface area contributed by atoms with Crippen LogP contribution >= 0.6 is 0 Å². The van der Waals surface area contributed by atoms with E-state index in [1.807, 2.05) is 18.2 Å².